The Morgan fingerprint density at radius 3 is 2.68 bits per heavy atom. The Morgan fingerprint density at radius 1 is 1.05 bits per heavy atom. The summed E-state index contributed by atoms with van der Waals surface area (Å²) in [7, 11) is 1.66. The minimum Gasteiger partial charge on any atom is -0.493 e. The third-order valence-corrected chi connectivity index (χ3v) is 7.15. The average molecular weight is 510 g/mol. The highest BCUT2D eigenvalue weighted by atomic mass is 16.5. The lowest BCUT2D eigenvalue weighted by Gasteiger charge is -2.20. The highest BCUT2D eigenvalue weighted by Crippen LogP contribution is 2.35. The highest BCUT2D eigenvalue weighted by Gasteiger charge is 2.35. The van der Waals surface area contributed by atoms with Gasteiger partial charge in [-0.15, -0.1) is 0 Å². The molecule has 6 heteroatoms. The molecule has 3 aromatic carbocycles. The molecule has 0 radical (unpaired) electrons. The molecule has 0 spiro atoms. The number of aromatic nitrogens is 2. The molecule has 1 aromatic heterocycles. The van der Waals surface area contributed by atoms with Gasteiger partial charge in [-0.25, -0.2) is 4.98 Å². The molecule has 0 bridgehead atoms. The van der Waals surface area contributed by atoms with E-state index in [4.69, 9.17) is 14.5 Å². The molecular weight excluding hydrogens is 474 g/mol. The first-order valence-corrected chi connectivity index (χ1v) is 13.2. The van der Waals surface area contributed by atoms with E-state index >= 15 is 0 Å². The number of nitrogens with zero attached hydrogens (tertiary/aromatic N) is 3. The Balaban J connectivity index is 1.33. The van der Waals surface area contributed by atoms with E-state index < -0.39 is 0 Å². The SMILES string of the molecule is C/C=C/c1ccc(OCCCn2c(C3CC(=O)N(c4ccc(C)cc4C)C3)nc3ccccc32)c(OC)c1. The molecule has 196 valence electrons. The number of rotatable bonds is 9. The summed E-state index contributed by atoms with van der Waals surface area (Å²) in [4.78, 5) is 20.0. The topological polar surface area (TPSA) is 56.6 Å². The number of fused-ring (bicyclic) bond motifs is 1. The largest absolute Gasteiger partial charge is 0.493 e. The number of amides is 1. The van der Waals surface area contributed by atoms with Gasteiger partial charge in [0.15, 0.2) is 11.5 Å². The monoisotopic (exact) mass is 509 g/mol. The van der Waals surface area contributed by atoms with E-state index in [0.717, 1.165) is 58.1 Å². The summed E-state index contributed by atoms with van der Waals surface area (Å²) in [5.74, 6) is 2.63. The van der Waals surface area contributed by atoms with E-state index in [-0.39, 0.29) is 11.8 Å². The second kappa shape index (κ2) is 11.1. The summed E-state index contributed by atoms with van der Waals surface area (Å²) in [6.45, 7) is 8.08. The molecule has 1 unspecified atom stereocenters. The number of hydrogen-bond donors (Lipinski definition) is 0. The molecule has 1 aliphatic rings. The van der Waals surface area contributed by atoms with E-state index in [1.807, 2.05) is 60.4 Å². The number of anilines is 1. The van der Waals surface area contributed by atoms with Crippen molar-refractivity contribution in [3.05, 3.63) is 89.3 Å². The first kappa shape index (κ1) is 25.6. The van der Waals surface area contributed by atoms with Crippen molar-refractivity contribution in [2.45, 2.75) is 46.1 Å². The van der Waals surface area contributed by atoms with Gasteiger partial charge in [-0.3, -0.25) is 4.79 Å². The Hall–Kier alpha value is -4.06. The zero-order valence-corrected chi connectivity index (χ0v) is 22.6. The van der Waals surface area contributed by atoms with Crippen molar-refractivity contribution in [2.75, 3.05) is 25.2 Å². The maximum Gasteiger partial charge on any atom is 0.227 e. The van der Waals surface area contributed by atoms with Crippen LogP contribution in [0.2, 0.25) is 0 Å². The molecule has 6 nitrogen and oxygen atoms in total. The van der Waals surface area contributed by atoms with Crippen molar-refractivity contribution in [2.24, 2.45) is 0 Å². The van der Waals surface area contributed by atoms with Crippen LogP contribution in [0.1, 0.15) is 48.2 Å². The first-order chi connectivity index (χ1) is 18.5. The van der Waals surface area contributed by atoms with Gasteiger partial charge in [-0.1, -0.05) is 48.0 Å². The van der Waals surface area contributed by atoms with E-state index in [0.29, 0.717) is 19.6 Å². The fourth-order valence-electron chi connectivity index (χ4n) is 5.37. The number of para-hydroxylation sites is 2. The number of imidazole rings is 1. The molecule has 1 saturated heterocycles. The number of hydrogen-bond acceptors (Lipinski definition) is 4. The Labute approximate surface area is 224 Å². The van der Waals surface area contributed by atoms with Crippen LogP contribution in [0.5, 0.6) is 11.5 Å². The predicted molar refractivity (Wildman–Crippen MR) is 153 cm³/mol. The molecule has 1 aliphatic heterocycles. The van der Waals surface area contributed by atoms with E-state index in [1.165, 1.54) is 5.56 Å². The second-order valence-corrected chi connectivity index (χ2v) is 9.92. The molecule has 38 heavy (non-hydrogen) atoms. The molecule has 4 aromatic rings. The lowest BCUT2D eigenvalue weighted by atomic mass is 10.1. The molecule has 0 N–H and O–H groups in total. The summed E-state index contributed by atoms with van der Waals surface area (Å²) in [6.07, 6.45) is 5.30. The van der Waals surface area contributed by atoms with Crippen molar-refractivity contribution in [1.29, 1.82) is 0 Å². The number of benzene rings is 3. The van der Waals surface area contributed by atoms with Crippen molar-refractivity contribution in [3.8, 4) is 11.5 Å². The van der Waals surface area contributed by atoms with Crippen LogP contribution in [0.3, 0.4) is 0 Å². The van der Waals surface area contributed by atoms with Crippen LogP contribution in [0, 0.1) is 13.8 Å². The van der Waals surface area contributed by atoms with Gasteiger partial charge in [0.25, 0.3) is 0 Å². The van der Waals surface area contributed by atoms with Crippen LogP contribution in [0.4, 0.5) is 5.69 Å². The Morgan fingerprint density at radius 2 is 1.89 bits per heavy atom. The zero-order valence-electron chi connectivity index (χ0n) is 22.6. The van der Waals surface area contributed by atoms with Gasteiger partial charge in [0.05, 0.1) is 24.8 Å². The van der Waals surface area contributed by atoms with Crippen LogP contribution < -0.4 is 14.4 Å². The van der Waals surface area contributed by atoms with Crippen molar-refractivity contribution in [3.63, 3.8) is 0 Å². The number of carbonyl (C=O) groups is 1. The fraction of sp³-hybridized carbons (Fsp3) is 0.312. The van der Waals surface area contributed by atoms with Gasteiger partial charge < -0.3 is 18.9 Å². The van der Waals surface area contributed by atoms with Gasteiger partial charge in [0.1, 0.15) is 5.82 Å². The summed E-state index contributed by atoms with van der Waals surface area (Å²) < 4.78 is 13.9. The van der Waals surface area contributed by atoms with Crippen LogP contribution in [-0.2, 0) is 11.3 Å². The lowest BCUT2D eigenvalue weighted by Crippen LogP contribution is -2.25. The Bertz CT molecular complexity index is 1490. The zero-order chi connectivity index (χ0) is 26.6. The summed E-state index contributed by atoms with van der Waals surface area (Å²) in [6, 6.07) is 20.4. The smallest absolute Gasteiger partial charge is 0.227 e. The standard InChI is InChI=1S/C32H35N3O3/c1-5-9-24-13-15-29(30(19-24)37-4)38-17-8-16-34-28-11-7-6-10-26(28)33-32(34)25-20-31(36)35(21-25)27-14-12-22(2)18-23(27)3/h5-7,9-15,18-19,25H,8,16-17,20-21H2,1-4H3/b9-5+. The number of carbonyl (C=O) groups excluding carboxylic acids is 1. The molecule has 1 amide bonds. The third kappa shape index (κ3) is 5.17. The lowest BCUT2D eigenvalue weighted by molar-refractivity contribution is -0.117. The number of aryl methyl sites for hydroxylation is 3. The quantitative estimate of drug-likeness (QED) is 0.236. The van der Waals surface area contributed by atoms with E-state index in [2.05, 4.69) is 42.7 Å². The van der Waals surface area contributed by atoms with Gasteiger partial charge in [0, 0.05) is 31.1 Å². The number of ether oxygens (including phenoxy) is 2. The van der Waals surface area contributed by atoms with Crippen molar-refractivity contribution in [1.82, 2.24) is 9.55 Å². The van der Waals surface area contributed by atoms with E-state index in [9.17, 15) is 4.79 Å². The summed E-state index contributed by atoms with van der Waals surface area (Å²) >= 11 is 0. The third-order valence-electron chi connectivity index (χ3n) is 7.15. The predicted octanol–water partition coefficient (Wildman–Crippen LogP) is 6.68. The van der Waals surface area contributed by atoms with Crippen LogP contribution >= 0.6 is 0 Å². The van der Waals surface area contributed by atoms with Crippen molar-refractivity contribution < 1.29 is 14.3 Å². The molecule has 0 saturated carbocycles. The van der Waals surface area contributed by atoms with Gasteiger partial charge in [0.2, 0.25) is 5.91 Å². The van der Waals surface area contributed by atoms with Gasteiger partial charge in [-0.2, -0.15) is 0 Å². The summed E-state index contributed by atoms with van der Waals surface area (Å²) in [5, 5.41) is 0. The van der Waals surface area contributed by atoms with E-state index in [1.54, 1.807) is 7.11 Å². The Kier molecular flexibility index (Phi) is 7.50. The maximum absolute atomic E-state index is 13.1. The first-order valence-electron chi connectivity index (χ1n) is 13.2. The summed E-state index contributed by atoms with van der Waals surface area (Å²) in [5.41, 5.74) is 6.44. The van der Waals surface area contributed by atoms with Crippen LogP contribution in [0.15, 0.2) is 66.7 Å². The molecule has 0 aliphatic carbocycles. The molecule has 5 rings (SSSR count). The van der Waals surface area contributed by atoms with Crippen molar-refractivity contribution >= 4 is 28.7 Å². The molecule has 2 heterocycles. The average Bonchev–Trinajstić information content (AvgIpc) is 3.47. The van der Waals surface area contributed by atoms with Gasteiger partial charge in [-0.05, 0) is 68.7 Å². The molecule has 1 atom stereocenters. The van der Waals surface area contributed by atoms with Gasteiger partial charge >= 0.3 is 0 Å². The highest BCUT2D eigenvalue weighted by molar-refractivity contribution is 5.97. The number of methoxy groups -OCH3 is 1. The minimum absolute atomic E-state index is 0.0378. The second-order valence-electron chi connectivity index (χ2n) is 9.92. The van der Waals surface area contributed by atoms with Crippen LogP contribution in [0.25, 0.3) is 17.1 Å². The molecule has 1 fully saturated rings. The molecular formula is C32H35N3O3. The normalized spacial score (nSPS) is 15.6. The number of allylic oxidation sites excluding steroid dienone is 1. The minimum atomic E-state index is 0.0378. The maximum atomic E-state index is 13.1. The van der Waals surface area contributed by atoms with Crippen LogP contribution in [-0.4, -0.2) is 35.7 Å². The fourth-order valence-corrected chi connectivity index (χ4v) is 5.37.